The molecule has 0 atom stereocenters. The van der Waals surface area contributed by atoms with Crippen LogP contribution in [0.2, 0.25) is 0 Å². The quantitative estimate of drug-likeness (QED) is 0.474. The first-order chi connectivity index (χ1) is 15.6. The predicted molar refractivity (Wildman–Crippen MR) is 125 cm³/mol. The molecule has 0 fully saturated rings. The van der Waals surface area contributed by atoms with Crippen LogP contribution >= 0.6 is 11.3 Å². The summed E-state index contributed by atoms with van der Waals surface area (Å²) in [4.78, 5) is 36.6. The number of carbonyl (C=O) groups is 3. The van der Waals surface area contributed by atoms with Crippen LogP contribution in [0.1, 0.15) is 54.0 Å². The highest BCUT2D eigenvalue weighted by Gasteiger charge is 2.16. The Bertz CT molecular complexity index is 1240. The van der Waals surface area contributed by atoms with Gasteiger partial charge in [-0.2, -0.15) is 0 Å². The molecule has 9 nitrogen and oxygen atoms in total. The standard InChI is InChI=1S/C23H26N4O5S/c1-5-31-20(29)16-10-11-17-18(12-16)33-21(24)27(17)26-19(28)15-8-6-14(7-9-15)13-25-22(30)32-23(2,3)4/h6-12,24H,5,13H2,1-4H3,(H,25,30)(H,26,28). The Morgan fingerprint density at radius 2 is 1.73 bits per heavy atom. The maximum Gasteiger partial charge on any atom is 0.407 e. The molecule has 0 aliphatic rings. The van der Waals surface area contributed by atoms with Gasteiger partial charge in [-0.1, -0.05) is 23.5 Å². The van der Waals surface area contributed by atoms with Crippen molar-refractivity contribution < 1.29 is 23.9 Å². The molecule has 33 heavy (non-hydrogen) atoms. The summed E-state index contributed by atoms with van der Waals surface area (Å²) < 4.78 is 12.3. The molecule has 2 aromatic carbocycles. The molecule has 1 aromatic heterocycles. The number of nitrogens with one attached hydrogen (secondary N) is 3. The van der Waals surface area contributed by atoms with Crippen molar-refractivity contribution in [3.63, 3.8) is 0 Å². The van der Waals surface area contributed by atoms with Gasteiger partial charge < -0.3 is 14.8 Å². The maximum atomic E-state index is 12.7. The molecule has 0 aliphatic heterocycles. The molecular formula is C23H26N4O5S. The van der Waals surface area contributed by atoms with E-state index < -0.39 is 23.6 Å². The molecule has 3 rings (SSSR count). The number of thiazole rings is 1. The second-order valence-corrected chi connectivity index (χ2v) is 9.17. The summed E-state index contributed by atoms with van der Waals surface area (Å²) in [5.41, 5.74) is 4.33. The van der Waals surface area contributed by atoms with Crippen LogP contribution < -0.4 is 15.5 Å². The summed E-state index contributed by atoms with van der Waals surface area (Å²) in [5, 5.41) is 10.9. The molecule has 1 heterocycles. The van der Waals surface area contributed by atoms with E-state index in [-0.39, 0.29) is 18.0 Å². The van der Waals surface area contributed by atoms with Gasteiger partial charge in [-0.3, -0.25) is 15.6 Å². The van der Waals surface area contributed by atoms with Crippen LogP contribution in [0.15, 0.2) is 42.5 Å². The highest BCUT2D eigenvalue weighted by Crippen LogP contribution is 2.19. The fourth-order valence-electron chi connectivity index (χ4n) is 2.92. The van der Waals surface area contributed by atoms with Gasteiger partial charge in [0.2, 0.25) is 4.80 Å². The average Bonchev–Trinajstić information content (AvgIpc) is 3.05. The van der Waals surface area contributed by atoms with Gasteiger partial charge in [0, 0.05) is 12.1 Å². The van der Waals surface area contributed by atoms with E-state index in [1.165, 1.54) is 4.68 Å². The van der Waals surface area contributed by atoms with E-state index >= 15 is 0 Å². The number of ether oxygens (including phenoxy) is 2. The van der Waals surface area contributed by atoms with E-state index in [4.69, 9.17) is 14.9 Å². The lowest BCUT2D eigenvalue weighted by molar-refractivity contribution is 0.0514. The molecule has 174 valence electrons. The van der Waals surface area contributed by atoms with E-state index in [9.17, 15) is 14.4 Å². The van der Waals surface area contributed by atoms with Crippen molar-refractivity contribution in [1.82, 2.24) is 9.99 Å². The van der Waals surface area contributed by atoms with Crippen LogP contribution in [0.5, 0.6) is 0 Å². The van der Waals surface area contributed by atoms with Crippen LogP contribution in [0.3, 0.4) is 0 Å². The highest BCUT2D eigenvalue weighted by atomic mass is 32.1. The number of rotatable bonds is 6. The molecule has 0 unspecified atom stereocenters. The predicted octanol–water partition coefficient (Wildman–Crippen LogP) is 3.77. The van der Waals surface area contributed by atoms with Gasteiger partial charge in [-0.15, -0.1) is 0 Å². The van der Waals surface area contributed by atoms with Gasteiger partial charge in [-0.25, -0.2) is 14.3 Å². The van der Waals surface area contributed by atoms with E-state index in [2.05, 4.69) is 10.7 Å². The van der Waals surface area contributed by atoms with Crippen molar-refractivity contribution in [1.29, 1.82) is 5.41 Å². The fourth-order valence-corrected chi connectivity index (χ4v) is 3.81. The average molecular weight is 471 g/mol. The number of esters is 1. The zero-order chi connectivity index (χ0) is 24.2. The smallest absolute Gasteiger partial charge is 0.407 e. The molecule has 0 spiro atoms. The van der Waals surface area contributed by atoms with E-state index in [1.54, 1.807) is 70.2 Å². The normalized spacial score (nSPS) is 11.2. The Labute approximate surface area is 194 Å². The van der Waals surface area contributed by atoms with Gasteiger partial charge in [0.25, 0.3) is 5.91 Å². The first-order valence-electron chi connectivity index (χ1n) is 10.3. The largest absolute Gasteiger partial charge is 0.462 e. The number of carbonyl (C=O) groups excluding carboxylic acids is 3. The summed E-state index contributed by atoms with van der Waals surface area (Å²) >= 11 is 1.14. The summed E-state index contributed by atoms with van der Waals surface area (Å²) in [7, 11) is 0. The highest BCUT2D eigenvalue weighted by molar-refractivity contribution is 7.16. The molecule has 0 saturated carbocycles. The first-order valence-corrected chi connectivity index (χ1v) is 11.1. The van der Waals surface area contributed by atoms with Crippen LogP contribution in [-0.2, 0) is 16.0 Å². The summed E-state index contributed by atoms with van der Waals surface area (Å²) in [6.07, 6.45) is -0.515. The van der Waals surface area contributed by atoms with Crippen molar-refractivity contribution in [2.24, 2.45) is 0 Å². The molecular weight excluding hydrogens is 444 g/mol. The summed E-state index contributed by atoms with van der Waals surface area (Å²) in [6.45, 7) is 7.64. The van der Waals surface area contributed by atoms with Crippen molar-refractivity contribution in [3.8, 4) is 0 Å². The Morgan fingerprint density at radius 3 is 2.36 bits per heavy atom. The number of fused-ring (bicyclic) bond motifs is 1. The van der Waals surface area contributed by atoms with Crippen molar-refractivity contribution in [3.05, 3.63) is 64.0 Å². The lowest BCUT2D eigenvalue weighted by Gasteiger charge is -2.19. The molecule has 0 saturated heterocycles. The molecule has 0 aliphatic carbocycles. The minimum Gasteiger partial charge on any atom is -0.462 e. The topological polar surface area (TPSA) is 123 Å². The molecule has 3 N–H and O–H groups in total. The number of nitrogens with zero attached hydrogens (tertiary/aromatic N) is 1. The zero-order valence-electron chi connectivity index (χ0n) is 18.9. The second-order valence-electron chi connectivity index (χ2n) is 8.14. The van der Waals surface area contributed by atoms with Crippen LogP contribution in [0.4, 0.5) is 4.79 Å². The molecule has 10 heteroatoms. The van der Waals surface area contributed by atoms with Crippen molar-refractivity contribution in [2.45, 2.75) is 39.8 Å². The molecule has 0 radical (unpaired) electrons. The maximum absolute atomic E-state index is 12.7. The Kier molecular flexibility index (Phi) is 7.17. The monoisotopic (exact) mass is 470 g/mol. The SMILES string of the molecule is CCOC(=O)c1ccc2c(c1)sc(=N)n2NC(=O)c1ccc(CNC(=O)OC(C)(C)C)cc1. The number of amides is 2. The Hall–Kier alpha value is -3.66. The summed E-state index contributed by atoms with van der Waals surface area (Å²) in [5.74, 6) is -0.828. The van der Waals surface area contributed by atoms with Gasteiger partial charge in [0.05, 0.1) is 22.4 Å². The Balaban J connectivity index is 1.68. The lowest BCUT2D eigenvalue weighted by atomic mass is 10.1. The summed E-state index contributed by atoms with van der Waals surface area (Å²) in [6, 6.07) is 11.7. The Morgan fingerprint density at radius 1 is 1.06 bits per heavy atom. The van der Waals surface area contributed by atoms with Crippen LogP contribution in [0.25, 0.3) is 10.2 Å². The third-order valence-corrected chi connectivity index (χ3v) is 5.31. The minimum absolute atomic E-state index is 0.109. The number of hydrogen-bond donors (Lipinski definition) is 3. The third-order valence-electron chi connectivity index (χ3n) is 4.39. The minimum atomic E-state index is -0.577. The van der Waals surface area contributed by atoms with Gasteiger partial charge in [0.1, 0.15) is 5.60 Å². The van der Waals surface area contributed by atoms with Gasteiger partial charge >= 0.3 is 12.1 Å². The van der Waals surface area contributed by atoms with E-state index in [0.29, 0.717) is 21.3 Å². The van der Waals surface area contributed by atoms with Crippen LogP contribution in [0, 0.1) is 5.41 Å². The number of alkyl carbamates (subject to hydrolysis) is 1. The van der Waals surface area contributed by atoms with Crippen molar-refractivity contribution in [2.75, 3.05) is 12.0 Å². The lowest BCUT2D eigenvalue weighted by Crippen LogP contribution is -2.32. The van der Waals surface area contributed by atoms with Gasteiger partial charge in [0.15, 0.2) is 0 Å². The van der Waals surface area contributed by atoms with Crippen molar-refractivity contribution >= 4 is 39.5 Å². The number of benzene rings is 2. The zero-order valence-corrected chi connectivity index (χ0v) is 19.7. The fraction of sp³-hybridized carbons (Fsp3) is 0.304. The van der Waals surface area contributed by atoms with E-state index in [1.807, 2.05) is 0 Å². The first kappa shape index (κ1) is 24.0. The number of hydrogen-bond acceptors (Lipinski definition) is 7. The second kappa shape index (κ2) is 9.86. The molecule has 2 amide bonds. The molecule has 0 bridgehead atoms. The number of aromatic nitrogens is 1. The van der Waals surface area contributed by atoms with E-state index in [0.717, 1.165) is 16.9 Å². The van der Waals surface area contributed by atoms with Gasteiger partial charge in [-0.05, 0) is 63.6 Å². The third kappa shape index (κ3) is 6.19. The molecule has 3 aromatic rings. The van der Waals surface area contributed by atoms with Crippen LogP contribution in [-0.4, -0.2) is 34.9 Å².